The van der Waals surface area contributed by atoms with Crippen LogP contribution in [0.1, 0.15) is 27.2 Å². The Labute approximate surface area is 62.9 Å². The quantitative estimate of drug-likeness (QED) is 0.744. The van der Waals surface area contributed by atoms with Gasteiger partial charge in [0.2, 0.25) is 0 Å². The average molecular weight is 237 g/mol. The molecule has 0 rings (SSSR count). The molecule has 9 heavy (non-hydrogen) atoms. The molecule has 56 valence electrons. The van der Waals surface area contributed by atoms with Crippen LogP contribution in [-0.4, -0.2) is 22.2 Å². The summed E-state index contributed by atoms with van der Waals surface area (Å²) in [7, 11) is 0. The molecule has 0 aliphatic carbocycles. The fraction of sp³-hybridized carbons (Fsp3) is 1.00. The second kappa shape index (κ2) is 4.56. The zero-order valence-corrected chi connectivity index (χ0v) is 9.63. The molecule has 0 spiro atoms. The molecule has 0 amide bonds. The van der Waals surface area contributed by atoms with Crippen LogP contribution in [0.2, 0.25) is 13.3 Å². The molecule has 0 unspecified atom stereocenters. The molecule has 0 aromatic carbocycles. The minimum atomic E-state index is -2.38. The van der Waals surface area contributed by atoms with E-state index in [1.807, 2.05) is 0 Å². The fourth-order valence-corrected chi connectivity index (χ4v) is 7.17. The zero-order valence-electron chi connectivity index (χ0n) is 6.78. The first-order chi connectivity index (χ1) is 4.18. The van der Waals surface area contributed by atoms with Gasteiger partial charge in [0, 0.05) is 0 Å². The molecule has 2 heteroatoms. The van der Waals surface area contributed by atoms with Gasteiger partial charge >= 0.3 is 62.7 Å². The van der Waals surface area contributed by atoms with E-state index in [0.29, 0.717) is 0 Å². The number of rotatable bonds is 4. The van der Waals surface area contributed by atoms with Crippen LogP contribution in [0.5, 0.6) is 0 Å². The van der Waals surface area contributed by atoms with Gasteiger partial charge in [-0.25, -0.2) is 0 Å². The first-order valence-corrected chi connectivity index (χ1v) is 11.2. The Morgan fingerprint density at radius 2 is 1.56 bits per heavy atom. The van der Waals surface area contributed by atoms with Crippen LogP contribution >= 0.6 is 0 Å². The average Bonchev–Trinajstić information content (AvgIpc) is 1.89. The van der Waals surface area contributed by atoms with Crippen molar-refractivity contribution >= 4 is 18.8 Å². The van der Waals surface area contributed by atoms with E-state index in [9.17, 15) is 3.44 Å². The van der Waals surface area contributed by atoms with E-state index in [1.54, 1.807) is 0 Å². The van der Waals surface area contributed by atoms with Gasteiger partial charge in [-0.3, -0.25) is 0 Å². The summed E-state index contributed by atoms with van der Waals surface area (Å²) in [6.07, 6.45) is 1.17. The van der Waals surface area contributed by atoms with Crippen LogP contribution in [0.15, 0.2) is 0 Å². The Morgan fingerprint density at radius 1 is 1.11 bits per heavy atom. The van der Waals surface area contributed by atoms with E-state index >= 15 is 0 Å². The van der Waals surface area contributed by atoms with Gasteiger partial charge in [-0.15, -0.1) is 0 Å². The van der Waals surface area contributed by atoms with Crippen molar-refractivity contribution in [3.63, 3.8) is 0 Å². The molecule has 0 radical (unpaired) electrons. The van der Waals surface area contributed by atoms with Crippen molar-refractivity contribution in [1.29, 1.82) is 0 Å². The Morgan fingerprint density at radius 3 is 1.67 bits per heavy atom. The molecule has 0 bridgehead atoms. The standard InChI is InChI=1S/C3H7.2C2H5.H2O.Sn/c1-3-2;2*1-2;;/h1,3H2,2H3;2*1H2,2H3;1H2;/q;;;;+1/p-1. The zero-order chi connectivity index (χ0) is 7.33. The van der Waals surface area contributed by atoms with E-state index in [-0.39, 0.29) is 0 Å². The molecule has 0 aliphatic heterocycles. The van der Waals surface area contributed by atoms with Crippen molar-refractivity contribution in [2.45, 2.75) is 40.5 Å². The van der Waals surface area contributed by atoms with E-state index < -0.39 is 18.8 Å². The molecule has 0 atom stereocenters. The van der Waals surface area contributed by atoms with Crippen LogP contribution in [0.25, 0.3) is 0 Å². The monoisotopic (exact) mass is 238 g/mol. The van der Waals surface area contributed by atoms with Crippen LogP contribution in [-0.2, 0) is 0 Å². The van der Waals surface area contributed by atoms with Crippen molar-refractivity contribution in [3.05, 3.63) is 0 Å². The summed E-state index contributed by atoms with van der Waals surface area (Å²) in [4.78, 5) is 0. The fourth-order valence-electron chi connectivity index (χ4n) is 1.07. The summed E-state index contributed by atoms with van der Waals surface area (Å²) in [6.45, 7) is 6.43. The summed E-state index contributed by atoms with van der Waals surface area (Å²) in [5.41, 5.74) is 0. The third-order valence-electron chi connectivity index (χ3n) is 2.03. The summed E-state index contributed by atoms with van der Waals surface area (Å²) >= 11 is -2.38. The summed E-state index contributed by atoms with van der Waals surface area (Å²) in [5, 5.41) is 0. The Hall–Kier alpha value is 0.759. The third-order valence-corrected chi connectivity index (χ3v) is 13.6. The molecule has 1 N–H and O–H groups in total. The Bertz CT molecular complexity index is 69.3. The van der Waals surface area contributed by atoms with Gasteiger partial charge in [-0.2, -0.15) is 0 Å². The second-order valence-electron chi connectivity index (χ2n) is 2.68. The molecule has 0 fully saturated rings. The van der Waals surface area contributed by atoms with Gasteiger partial charge in [0.25, 0.3) is 0 Å². The van der Waals surface area contributed by atoms with E-state index in [0.717, 1.165) is 13.3 Å². The van der Waals surface area contributed by atoms with Crippen molar-refractivity contribution in [1.82, 2.24) is 0 Å². The summed E-state index contributed by atoms with van der Waals surface area (Å²) < 4.78 is 13.2. The third kappa shape index (κ3) is 3.46. The van der Waals surface area contributed by atoms with Crippen molar-refractivity contribution < 1.29 is 3.44 Å². The molecule has 0 saturated carbocycles. The van der Waals surface area contributed by atoms with Crippen molar-refractivity contribution in [2.24, 2.45) is 0 Å². The normalized spacial score (nSPS) is 12.0. The number of hydrogen-bond donors (Lipinski definition) is 1. The minimum absolute atomic E-state index is 1.10. The van der Waals surface area contributed by atoms with Gasteiger partial charge < -0.3 is 0 Å². The first kappa shape index (κ1) is 9.76. The molecule has 1 nitrogen and oxygen atoms in total. The second-order valence-corrected chi connectivity index (χ2v) is 15.1. The summed E-state index contributed by atoms with van der Waals surface area (Å²) in [6, 6.07) is 0. The summed E-state index contributed by atoms with van der Waals surface area (Å²) in [5.74, 6) is 0. The predicted octanol–water partition coefficient (Wildman–Crippen LogP) is 2.37. The SMILES string of the molecule is CC[CH2][Sn]([OH])([CH2]C)[CH2]C. The molecule has 0 heterocycles. The van der Waals surface area contributed by atoms with E-state index in [4.69, 9.17) is 0 Å². The van der Waals surface area contributed by atoms with Crippen LogP contribution < -0.4 is 0 Å². The molecule has 0 aromatic heterocycles. The topological polar surface area (TPSA) is 20.2 Å². The first-order valence-electron chi connectivity index (χ1n) is 3.91. The Balaban J connectivity index is 3.62. The van der Waals surface area contributed by atoms with Crippen molar-refractivity contribution in [2.75, 3.05) is 0 Å². The molecule has 0 saturated heterocycles. The van der Waals surface area contributed by atoms with Gasteiger partial charge in [0.15, 0.2) is 0 Å². The van der Waals surface area contributed by atoms with Gasteiger partial charge in [-0.1, -0.05) is 0 Å². The van der Waals surface area contributed by atoms with Crippen LogP contribution in [0.3, 0.4) is 0 Å². The number of hydrogen-bond acceptors (Lipinski definition) is 1. The van der Waals surface area contributed by atoms with E-state index in [2.05, 4.69) is 20.8 Å². The maximum absolute atomic E-state index is 9.84. The van der Waals surface area contributed by atoms with Gasteiger partial charge in [0.05, 0.1) is 0 Å². The predicted molar refractivity (Wildman–Crippen MR) is 44.0 cm³/mol. The molecular formula is C7H18OSn. The van der Waals surface area contributed by atoms with Gasteiger partial charge in [0.1, 0.15) is 0 Å². The molecule has 0 aliphatic rings. The van der Waals surface area contributed by atoms with Crippen molar-refractivity contribution in [3.8, 4) is 0 Å². The molecular weight excluding hydrogens is 219 g/mol. The molecule has 0 aromatic rings. The van der Waals surface area contributed by atoms with Crippen LogP contribution in [0.4, 0.5) is 0 Å². The van der Waals surface area contributed by atoms with Gasteiger partial charge in [-0.05, 0) is 0 Å². The van der Waals surface area contributed by atoms with E-state index in [1.165, 1.54) is 6.42 Å². The maximum atomic E-state index is 9.84. The van der Waals surface area contributed by atoms with Crippen LogP contribution in [0, 0.1) is 0 Å². The Kier molecular flexibility index (Phi) is 4.94.